The zero-order valence-corrected chi connectivity index (χ0v) is 15.4. The topological polar surface area (TPSA) is 47.6 Å². The van der Waals surface area contributed by atoms with Crippen LogP contribution in [-0.4, -0.2) is 32.3 Å². The van der Waals surface area contributed by atoms with Crippen LogP contribution in [0.5, 0.6) is 5.75 Å². The molecular formula is C20H31NO3. The van der Waals surface area contributed by atoms with Crippen LogP contribution in [0.1, 0.15) is 56.8 Å². The first kappa shape index (κ1) is 18.8. The SMILES string of the molecule is COCCOc1ccccc1C(=O)NC1CCC(C(C)(C)C)CC1. The van der Waals surface area contributed by atoms with Crippen LogP contribution in [0.4, 0.5) is 0 Å². The lowest BCUT2D eigenvalue weighted by atomic mass is 9.71. The van der Waals surface area contributed by atoms with Crippen LogP contribution >= 0.6 is 0 Å². The van der Waals surface area contributed by atoms with Gasteiger partial charge in [0.2, 0.25) is 0 Å². The minimum absolute atomic E-state index is 0.0396. The molecule has 0 heterocycles. The number of ether oxygens (including phenoxy) is 2. The lowest BCUT2D eigenvalue weighted by Crippen LogP contribution is -2.39. The number of rotatable bonds is 6. The molecule has 0 spiro atoms. The summed E-state index contributed by atoms with van der Waals surface area (Å²) in [6, 6.07) is 7.67. The first-order valence-corrected chi connectivity index (χ1v) is 8.93. The summed E-state index contributed by atoms with van der Waals surface area (Å²) in [6.07, 6.45) is 4.47. The van der Waals surface area contributed by atoms with E-state index >= 15 is 0 Å². The van der Waals surface area contributed by atoms with E-state index in [9.17, 15) is 4.79 Å². The van der Waals surface area contributed by atoms with Crippen LogP contribution in [0.3, 0.4) is 0 Å². The Labute approximate surface area is 145 Å². The van der Waals surface area contributed by atoms with Gasteiger partial charge in [-0.25, -0.2) is 0 Å². The second-order valence-corrected chi connectivity index (χ2v) is 7.73. The fourth-order valence-electron chi connectivity index (χ4n) is 3.38. The highest BCUT2D eigenvalue weighted by Gasteiger charge is 2.30. The molecule has 1 fully saturated rings. The quantitative estimate of drug-likeness (QED) is 0.799. The smallest absolute Gasteiger partial charge is 0.255 e. The average Bonchev–Trinajstić information content (AvgIpc) is 2.55. The number of carbonyl (C=O) groups is 1. The highest BCUT2D eigenvalue weighted by Crippen LogP contribution is 2.37. The van der Waals surface area contributed by atoms with Gasteiger partial charge in [0, 0.05) is 13.2 Å². The largest absolute Gasteiger partial charge is 0.490 e. The Morgan fingerprint density at radius 2 is 1.79 bits per heavy atom. The van der Waals surface area contributed by atoms with Gasteiger partial charge in [0.15, 0.2) is 0 Å². The van der Waals surface area contributed by atoms with Crippen molar-refractivity contribution in [1.82, 2.24) is 5.32 Å². The van der Waals surface area contributed by atoms with E-state index in [-0.39, 0.29) is 11.9 Å². The first-order valence-electron chi connectivity index (χ1n) is 8.93. The monoisotopic (exact) mass is 333 g/mol. The molecular weight excluding hydrogens is 302 g/mol. The minimum Gasteiger partial charge on any atom is -0.490 e. The summed E-state index contributed by atoms with van der Waals surface area (Å²) in [5, 5.41) is 3.19. The summed E-state index contributed by atoms with van der Waals surface area (Å²) in [6.45, 7) is 7.88. The molecule has 0 aliphatic heterocycles. The molecule has 4 heteroatoms. The molecule has 2 rings (SSSR count). The summed E-state index contributed by atoms with van der Waals surface area (Å²) in [5.74, 6) is 1.33. The third-order valence-corrected chi connectivity index (χ3v) is 4.96. The molecule has 0 bridgehead atoms. The van der Waals surface area contributed by atoms with E-state index in [2.05, 4.69) is 26.1 Å². The van der Waals surface area contributed by atoms with Gasteiger partial charge in [0.25, 0.3) is 5.91 Å². The lowest BCUT2D eigenvalue weighted by Gasteiger charge is -2.37. The van der Waals surface area contributed by atoms with Gasteiger partial charge in [-0.2, -0.15) is 0 Å². The van der Waals surface area contributed by atoms with Crippen LogP contribution < -0.4 is 10.1 Å². The highest BCUT2D eigenvalue weighted by atomic mass is 16.5. The molecule has 1 aliphatic rings. The summed E-state index contributed by atoms with van der Waals surface area (Å²) < 4.78 is 10.7. The number of hydrogen-bond acceptors (Lipinski definition) is 3. The van der Waals surface area contributed by atoms with Crippen LogP contribution in [0.25, 0.3) is 0 Å². The minimum atomic E-state index is -0.0396. The summed E-state index contributed by atoms with van der Waals surface area (Å²) in [7, 11) is 1.63. The molecule has 1 aromatic rings. The molecule has 1 saturated carbocycles. The summed E-state index contributed by atoms with van der Waals surface area (Å²) in [4.78, 5) is 12.6. The van der Waals surface area contributed by atoms with Crippen molar-refractivity contribution in [2.75, 3.05) is 20.3 Å². The third-order valence-electron chi connectivity index (χ3n) is 4.96. The summed E-state index contributed by atoms with van der Waals surface area (Å²) >= 11 is 0. The number of methoxy groups -OCH3 is 1. The van der Waals surface area contributed by atoms with Crippen LogP contribution in [0.15, 0.2) is 24.3 Å². The Bertz CT molecular complexity index is 528. The van der Waals surface area contributed by atoms with E-state index in [1.54, 1.807) is 7.11 Å². The zero-order valence-electron chi connectivity index (χ0n) is 15.4. The Morgan fingerprint density at radius 1 is 1.12 bits per heavy atom. The lowest BCUT2D eigenvalue weighted by molar-refractivity contribution is 0.0896. The van der Waals surface area contributed by atoms with Crippen molar-refractivity contribution in [3.63, 3.8) is 0 Å². The van der Waals surface area contributed by atoms with E-state index in [0.29, 0.717) is 29.9 Å². The van der Waals surface area contributed by atoms with Crippen molar-refractivity contribution >= 4 is 5.91 Å². The van der Waals surface area contributed by atoms with Gasteiger partial charge >= 0.3 is 0 Å². The number of carbonyl (C=O) groups excluding carboxylic acids is 1. The molecule has 134 valence electrons. The highest BCUT2D eigenvalue weighted by molar-refractivity contribution is 5.97. The molecule has 0 radical (unpaired) electrons. The number of amides is 1. The van der Waals surface area contributed by atoms with Crippen LogP contribution in [-0.2, 0) is 4.74 Å². The van der Waals surface area contributed by atoms with Gasteiger partial charge in [-0.15, -0.1) is 0 Å². The van der Waals surface area contributed by atoms with Crippen LogP contribution in [0.2, 0.25) is 0 Å². The average molecular weight is 333 g/mol. The predicted octanol–water partition coefficient (Wildman–Crippen LogP) is 4.05. The standard InChI is InChI=1S/C20H31NO3/c1-20(2,3)15-9-11-16(12-10-15)21-19(22)17-7-5-6-8-18(17)24-14-13-23-4/h5-8,15-16H,9-14H2,1-4H3,(H,21,22). The molecule has 1 N–H and O–H groups in total. The fourth-order valence-corrected chi connectivity index (χ4v) is 3.38. The van der Waals surface area contributed by atoms with Gasteiger partial charge in [-0.1, -0.05) is 32.9 Å². The number of hydrogen-bond donors (Lipinski definition) is 1. The van der Waals surface area contributed by atoms with E-state index in [1.807, 2.05) is 24.3 Å². The Hall–Kier alpha value is -1.55. The van der Waals surface area contributed by atoms with Gasteiger partial charge < -0.3 is 14.8 Å². The van der Waals surface area contributed by atoms with Gasteiger partial charge in [0.1, 0.15) is 12.4 Å². The predicted molar refractivity (Wildman–Crippen MR) is 96.5 cm³/mol. The van der Waals surface area contributed by atoms with Crippen LogP contribution in [0, 0.1) is 11.3 Å². The second-order valence-electron chi connectivity index (χ2n) is 7.73. The maximum Gasteiger partial charge on any atom is 0.255 e. The molecule has 4 nitrogen and oxygen atoms in total. The zero-order chi connectivity index (χ0) is 17.6. The van der Waals surface area contributed by atoms with E-state index in [1.165, 1.54) is 12.8 Å². The van der Waals surface area contributed by atoms with E-state index in [4.69, 9.17) is 9.47 Å². The normalized spacial score (nSPS) is 21.3. The first-order chi connectivity index (χ1) is 11.4. The van der Waals surface area contributed by atoms with Crippen molar-refractivity contribution in [3.8, 4) is 5.75 Å². The second kappa shape index (κ2) is 8.52. The molecule has 1 amide bonds. The molecule has 0 saturated heterocycles. The maximum absolute atomic E-state index is 12.6. The fraction of sp³-hybridized carbons (Fsp3) is 0.650. The molecule has 1 aliphatic carbocycles. The van der Waals surface area contributed by atoms with Crippen molar-refractivity contribution in [1.29, 1.82) is 0 Å². The molecule has 0 unspecified atom stereocenters. The molecule has 0 aromatic heterocycles. The molecule has 0 atom stereocenters. The third kappa shape index (κ3) is 5.23. The van der Waals surface area contributed by atoms with Crippen molar-refractivity contribution < 1.29 is 14.3 Å². The van der Waals surface area contributed by atoms with Crippen molar-refractivity contribution in [2.45, 2.75) is 52.5 Å². The van der Waals surface area contributed by atoms with Gasteiger partial charge in [-0.3, -0.25) is 4.79 Å². The van der Waals surface area contributed by atoms with Gasteiger partial charge in [0.05, 0.1) is 12.2 Å². The maximum atomic E-state index is 12.6. The molecule has 24 heavy (non-hydrogen) atoms. The Kier molecular flexibility index (Phi) is 6.67. The van der Waals surface area contributed by atoms with E-state index in [0.717, 1.165) is 18.8 Å². The Morgan fingerprint density at radius 3 is 2.42 bits per heavy atom. The van der Waals surface area contributed by atoms with Crippen molar-refractivity contribution in [2.24, 2.45) is 11.3 Å². The van der Waals surface area contributed by atoms with Gasteiger partial charge in [-0.05, 0) is 49.1 Å². The molecule has 1 aromatic carbocycles. The number of benzene rings is 1. The van der Waals surface area contributed by atoms with Crippen molar-refractivity contribution in [3.05, 3.63) is 29.8 Å². The number of para-hydroxylation sites is 1. The van der Waals surface area contributed by atoms with E-state index < -0.39 is 0 Å². The Balaban J connectivity index is 1.91. The summed E-state index contributed by atoms with van der Waals surface area (Å²) in [5.41, 5.74) is 0.961. The number of nitrogens with one attached hydrogen (secondary N) is 1.